The van der Waals surface area contributed by atoms with Gasteiger partial charge >= 0.3 is 0 Å². The number of hydrogen-bond acceptors (Lipinski definition) is 5. The number of benzene rings is 2. The summed E-state index contributed by atoms with van der Waals surface area (Å²) in [6.07, 6.45) is 5.66. The lowest BCUT2D eigenvalue weighted by Crippen LogP contribution is -2.30. The van der Waals surface area contributed by atoms with Crippen LogP contribution < -0.4 is 15.4 Å². The first kappa shape index (κ1) is 20.5. The number of nitrogens with one attached hydrogen (secondary N) is 2. The topological polar surface area (TPSA) is 64.0 Å². The second-order valence-electron chi connectivity index (χ2n) is 8.04. The van der Waals surface area contributed by atoms with Crippen molar-refractivity contribution in [2.75, 3.05) is 25.5 Å². The van der Waals surface area contributed by atoms with E-state index in [9.17, 15) is 4.39 Å². The fraction of sp³-hybridized carbons (Fsp3) is 0.280. The molecule has 0 spiro atoms. The first-order valence-electron chi connectivity index (χ1n) is 10.9. The maximum Gasteiger partial charge on any atom is 0.134 e. The molecule has 0 amide bonds. The summed E-state index contributed by atoms with van der Waals surface area (Å²) in [4.78, 5) is 4.22. The second-order valence-corrected chi connectivity index (χ2v) is 8.04. The highest BCUT2D eigenvalue weighted by Crippen LogP contribution is 2.37. The molecule has 2 aromatic carbocycles. The zero-order valence-electron chi connectivity index (χ0n) is 18.0. The molecule has 3 heterocycles. The van der Waals surface area contributed by atoms with E-state index in [2.05, 4.69) is 20.3 Å². The number of piperidine rings is 1. The molecule has 0 bridgehead atoms. The van der Waals surface area contributed by atoms with Crippen molar-refractivity contribution in [1.29, 1.82) is 0 Å². The number of ether oxygens (including phenoxy) is 1. The van der Waals surface area contributed by atoms with Gasteiger partial charge in [0, 0.05) is 24.3 Å². The van der Waals surface area contributed by atoms with Gasteiger partial charge in [-0.05, 0) is 67.4 Å². The van der Waals surface area contributed by atoms with Crippen LogP contribution in [0.15, 0.2) is 60.9 Å². The maximum atomic E-state index is 14.8. The Morgan fingerprint density at radius 3 is 2.81 bits per heavy atom. The van der Waals surface area contributed by atoms with Crippen molar-refractivity contribution in [1.82, 2.24) is 20.1 Å². The molecule has 0 radical (unpaired) electrons. The second kappa shape index (κ2) is 8.96. The van der Waals surface area contributed by atoms with E-state index in [1.54, 1.807) is 25.4 Å². The molecule has 0 aliphatic carbocycles. The summed E-state index contributed by atoms with van der Waals surface area (Å²) in [5, 5.41) is 12.9. The van der Waals surface area contributed by atoms with Crippen LogP contribution in [0.2, 0.25) is 0 Å². The SMILES string of the molecule is COc1cccc(F)c1-c1ccc2nn(C3CCNCC3)c(NCc3cccnc3)c2c1. The molecule has 164 valence electrons. The Hall–Kier alpha value is -3.45. The number of fused-ring (bicyclic) bond motifs is 1. The molecule has 4 aromatic rings. The minimum atomic E-state index is -0.306. The molecule has 0 atom stereocenters. The Morgan fingerprint density at radius 2 is 2.03 bits per heavy atom. The Balaban J connectivity index is 1.60. The van der Waals surface area contributed by atoms with Crippen molar-refractivity contribution < 1.29 is 9.13 Å². The number of rotatable bonds is 6. The normalized spacial score (nSPS) is 14.6. The number of methoxy groups -OCH3 is 1. The predicted octanol–water partition coefficient (Wildman–Crippen LogP) is 4.78. The predicted molar refractivity (Wildman–Crippen MR) is 124 cm³/mol. The number of nitrogens with zero attached hydrogens (tertiary/aromatic N) is 3. The summed E-state index contributed by atoms with van der Waals surface area (Å²) in [5.74, 6) is 1.16. The van der Waals surface area contributed by atoms with Crippen molar-refractivity contribution in [2.24, 2.45) is 0 Å². The van der Waals surface area contributed by atoms with Crippen LogP contribution in [0.25, 0.3) is 22.0 Å². The van der Waals surface area contributed by atoms with E-state index in [1.807, 2.05) is 36.5 Å². The Morgan fingerprint density at radius 1 is 1.16 bits per heavy atom. The third-order valence-corrected chi connectivity index (χ3v) is 6.02. The van der Waals surface area contributed by atoms with Gasteiger partial charge in [-0.2, -0.15) is 5.10 Å². The van der Waals surface area contributed by atoms with Gasteiger partial charge in [0.25, 0.3) is 0 Å². The first-order chi connectivity index (χ1) is 15.7. The van der Waals surface area contributed by atoms with E-state index >= 15 is 0 Å². The lowest BCUT2D eigenvalue weighted by Gasteiger charge is -2.25. The van der Waals surface area contributed by atoms with Gasteiger partial charge in [-0.1, -0.05) is 18.2 Å². The lowest BCUT2D eigenvalue weighted by molar-refractivity contribution is 0.348. The highest BCUT2D eigenvalue weighted by molar-refractivity contribution is 5.94. The summed E-state index contributed by atoms with van der Waals surface area (Å²) in [7, 11) is 1.56. The number of anilines is 1. The van der Waals surface area contributed by atoms with Crippen molar-refractivity contribution >= 4 is 16.7 Å². The largest absolute Gasteiger partial charge is 0.496 e. The van der Waals surface area contributed by atoms with Crippen molar-refractivity contribution in [3.8, 4) is 16.9 Å². The van der Waals surface area contributed by atoms with Crippen molar-refractivity contribution in [3.05, 3.63) is 72.3 Å². The molecule has 2 N–H and O–H groups in total. The summed E-state index contributed by atoms with van der Waals surface area (Å²) < 4.78 is 22.3. The third kappa shape index (κ3) is 3.91. The van der Waals surface area contributed by atoms with Crippen molar-refractivity contribution in [2.45, 2.75) is 25.4 Å². The van der Waals surface area contributed by atoms with Gasteiger partial charge in [0.15, 0.2) is 0 Å². The number of hydrogen-bond donors (Lipinski definition) is 2. The standard InChI is InChI=1S/C25H26FN5O/c1-32-23-6-2-5-21(26)24(23)18-7-8-22-20(14-18)25(29-16-17-4-3-11-28-15-17)31(30-22)19-9-12-27-13-10-19/h2-8,11,14-15,19,27,29H,9-10,12-13,16H2,1H3. The van der Waals surface area contributed by atoms with Gasteiger partial charge in [-0.3, -0.25) is 4.98 Å². The summed E-state index contributed by atoms with van der Waals surface area (Å²) in [6.45, 7) is 2.58. The average molecular weight is 432 g/mol. The van der Waals surface area contributed by atoms with Crippen molar-refractivity contribution in [3.63, 3.8) is 0 Å². The molecule has 1 fully saturated rings. The lowest BCUT2D eigenvalue weighted by atomic mass is 10.0. The molecule has 1 aliphatic heterocycles. The van der Waals surface area contributed by atoms with E-state index in [4.69, 9.17) is 9.84 Å². The maximum absolute atomic E-state index is 14.8. The van der Waals surface area contributed by atoms with Gasteiger partial charge in [-0.15, -0.1) is 0 Å². The van der Waals surface area contributed by atoms with Crippen LogP contribution in [0.5, 0.6) is 5.75 Å². The number of pyridine rings is 1. The molecule has 7 heteroatoms. The third-order valence-electron chi connectivity index (χ3n) is 6.02. The van der Waals surface area contributed by atoms with E-state index in [0.29, 0.717) is 23.9 Å². The van der Waals surface area contributed by atoms with Gasteiger partial charge in [-0.25, -0.2) is 9.07 Å². The molecule has 1 aliphatic rings. The molecule has 2 aromatic heterocycles. The van der Waals surface area contributed by atoms with Gasteiger partial charge in [0.1, 0.15) is 17.4 Å². The first-order valence-corrected chi connectivity index (χ1v) is 10.9. The zero-order valence-corrected chi connectivity index (χ0v) is 18.0. The highest BCUT2D eigenvalue weighted by Gasteiger charge is 2.22. The monoisotopic (exact) mass is 431 g/mol. The molecule has 32 heavy (non-hydrogen) atoms. The van der Waals surface area contributed by atoms with E-state index in [0.717, 1.165) is 53.8 Å². The fourth-order valence-electron chi connectivity index (χ4n) is 4.39. The molecule has 1 saturated heterocycles. The number of aromatic nitrogens is 3. The fourth-order valence-corrected chi connectivity index (χ4v) is 4.39. The molecule has 0 saturated carbocycles. The average Bonchev–Trinajstić information content (AvgIpc) is 3.21. The Bertz CT molecular complexity index is 1220. The molecule has 0 unspecified atom stereocenters. The molecule has 6 nitrogen and oxygen atoms in total. The summed E-state index contributed by atoms with van der Waals surface area (Å²) in [6, 6.07) is 15.1. The van der Waals surface area contributed by atoms with Crippen LogP contribution in [0.4, 0.5) is 10.2 Å². The highest BCUT2D eigenvalue weighted by atomic mass is 19.1. The van der Waals surface area contributed by atoms with Crippen LogP contribution in [-0.2, 0) is 6.54 Å². The van der Waals surface area contributed by atoms with Crippen LogP contribution >= 0.6 is 0 Å². The van der Waals surface area contributed by atoms with E-state index in [1.165, 1.54) is 6.07 Å². The van der Waals surface area contributed by atoms with Crippen LogP contribution in [-0.4, -0.2) is 35.0 Å². The van der Waals surface area contributed by atoms with Crippen LogP contribution in [0.1, 0.15) is 24.4 Å². The minimum absolute atomic E-state index is 0.306. The number of halogens is 1. The van der Waals surface area contributed by atoms with Crippen LogP contribution in [0, 0.1) is 5.82 Å². The summed E-state index contributed by atoms with van der Waals surface area (Å²) in [5.41, 5.74) is 3.20. The molecule has 5 rings (SSSR count). The molecular weight excluding hydrogens is 405 g/mol. The minimum Gasteiger partial charge on any atom is -0.496 e. The van der Waals surface area contributed by atoms with Gasteiger partial charge < -0.3 is 15.4 Å². The Labute approximate surface area is 186 Å². The smallest absolute Gasteiger partial charge is 0.134 e. The summed E-state index contributed by atoms with van der Waals surface area (Å²) >= 11 is 0. The van der Waals surface area contributed by atoms with Gasteiger partial charge in [0.2, 0.25) is 0 Å². The van der Waals surface area contributed by atoms with E-state index in [-0.39, 0.29) is 5.82 Å². The van der Waals surface area contributed by atoms with Gasteiger partial charge in [0.05, 0.1) is 24.2 Å². The van der Waals surface area contributed by atoms with E-state index < -0.39 is 0 Å². The Kier molecular flexibility index (Phi) is 5.73. The quantitative estimate of drug-likeness (QED) is 0.460. The van der Waals surface area contributed by atoms with Crippen LogP contribution in [0.3, 0.4) is 0 Å². The zero-order chi connectivity index (χ0) is 21.9. The molecular formula is C25H26FN5O.